The third kappa shape index (κ3) is 8.41. The van der Waals surface area contributed by atoms with Crippen molar-refractivity contribution >= 4 is 69.9 Å². The van der Waals surface area contributed by atoms with E-state index >= 15 is 0 Å². The van der Waals surface area contributed by atoms with Crippen molar-refractivity contribution in [2.75, 3.05) is 59.5 Å². The molecule has 0 atom stereocenters. The van der Waals surface area contributed by atoms with E-state index in [1.807, 2.05) is 36.4 Å². The van der Waals surface area contributed by atoms with E-state index in [0.717, 1.165) is 30.0 Å². The summed E-state index contributed by atoms with van der Waals surface area (Å²) in [5.41, 5.74) is 5.96. The fourth-order valence-corrected chi connectivity index (χ4v) is 3.79. The topological polar surface area (TPSA) is 47.9 Å². The second kappa shape index (κ2) is 14.4. The number of alkyl halides is 4. The summed E-state index contributed by atoms with van der Waals surface area (Å²) in [6.45, 7) is 2.84. The number of benzene rings is 2. The van der Waals surface area contributed by atoms with E-state index in [9.17, 15) is 4.79 Å². The third-order valence-corrected chi connectivity index (χ3v) is 5.23. The van der Waals surface area contributed by atoms with Gasteiger partial charge in [-0.2, -0.15) is 5.10 Å². The Kier molecular flexibility index (Phi) is 11.9. The Balaban J connectivity index is 1.94. The van der Waals surface area contributed by atoms with Crippen LogP contribution in [0.1, 0.15) is 15.9 Å². The first-order valence-corrected chi connectivity index (χ1v) is 12.0. The van der Waals surface area contributed by atoms with Gasteiger partial charge in [-0.15, -0.1) is 46.4 Å². The van der Waals surface area contributed by atoms with Crippen molar-refractivity contribution in [3.63, 3.8) is 0 Å². The van der Waals surface area contributed by atoms with Gasteiger partial charge in [-0.25, -0.2) is 5.43 Å². The first-order chi connectivity index (χ1) is 15.1. The van der Waals surface area contributed by atoms with Crippen LogP contribution >= 0.6 is 46.4 Å². The minimum atomic E-state index is -0.281. The zero-order valence-corrected chi connectivity index (χ0v) is 20.1. The lowest BCUT2D eigenvalue weighted by Gasteiger charge is -2.22. The fourth-order valence-electron chi connectivity index (χ4n) is 2.97. The Bertz CT molecular complexity index is 803. The molecule has 9 heteroatoms. The van der Waals surface area contributed by atoms with Crippen molar-refractivity contribution in [2.45, 2.75) is 0 Å². The summed E-state index contributed by atoms with van der Waals surface area (Å²) in [7, 11) is 0. The van der Waals surface area contributed by atoms with Crippen LogP contribution in [0.2, 0.25) is 0 Å². The van der Waals surface area contributed by atoms with Crippen LogP contribution in [0.15, 0.2) is 53.6 Å². The minimum absolute atomic E-state index is 0.281. The van der Waals surface area contributed by atoms with Gasteiger partial charge in [-0.05, 0) is 42.0 Å². The van der Waals surface area contributed by atoms with Gasteiger partial charge >= 0.3 is 0 Å². The van der Waals surface area contributed by atoms with Crippen LogP contribution in [0.25, 0.3) is 0 Å². The normalized spacial score (nSPS) is 11.0. The average Bonchev–Trinajstić information content (AvgIpc) is 2.79. The van der Waals surface area contributed by atoms with Crippen molar-refractivity contribution in [1.29, 1.82) is 0 Å². The maximum atomic E-state index is 12.3. The molecule has 31 heavy (non-hydrogen) atoms. The molecule has 2 aromatic rings. The monoisotopic (exact) mass is 502 g/mol. The maximum absolute atomic E-state index is 12.3. The van der Waals surface area contributed by atoms with E-state index in [1.165, 1.54) is 0 Å². The molecule has 0 unspecified atom stereocenters. The SMILES string of the molecule is O=C(N/N=C\c1ccc(N(CCCl)CCCl)cc1)c1ccc(N(CCCl)CCCl)cc1. The molecule has 0 fully saturated rings. The minimum Gasteiger partial charge on any atom is -0.369 e. The molecule has 0 spiro atoms. The lowest BCUT2D eigenvalue weighted by Crippen LogP contribution is -2.27. The first-order valence-electron chi connectivity index (χ1n) is 9.90. The highest BCUT2D eigenvalue weighted by atomic mass is 35.5. The number of halogens is 4. The lowest BCUT2D eigenvalue weighted by molar-refractivity contribution is 0.0955. The number of carbonyl (C=O) groups is 1. The largest absolute Gasteiger partial charge is 0.369 e. The molecule has 0 aromatic heterocycles. The highest BCUT2D eigenvalue weighted by Gasteiger charge is 2.08. The van der Waals surface area contributed by atoms with Gasteiger partial charge in [0.25, 0.3) is 5.91 Å². The van der Waals surface area contributed by atoms with E-state index in [0.29, 0.717) is 42.2 Å². The summed E-state index contributed by atoms with van der Waals surface area (Å²) in [5.74, 6) is 1.80. The smallest absolute Gasteiger partial charge is 0.271 e. The number of hydrogen-bond donors (Lipinski definition) is 1. The summed E-state index contributed by atoms with van der Waals surface area (Å²) >= 11 is 23.4. The highest BCUT2D eigenvalue weighted by molar-refractivity contribution is 6.19. The Morgan fingerprint density at radius 1 is 0.742 bits per heavy atom. The zero-order valence-electron chi connectivity index (χ0n) is 17.1. The van der Waals surface area contributed by atoms with Crippen LogP contribution in [0.5, 0.6) is 0 Å². The van der Waals surface area contributed by atoms with Gasteiger partial charge in [0, 0.05) is 66.6 Å². The number of anilines is 2. The van der Waals surface area contributed by atoms with Crippen molar-refractivity contribution in [3.8, 4) is 0 Å². The molecule has 1 N–H and O–H groups in total. The van der Waals surface area contributed by atoms with Crippen LogP contribution < -0.4 is 15.2 Å². The van der Waals surface area contributed by atoms with E-state index in [1.54, 1.807) is 18.3 Å². The number of carbonyl (C=O) groups excluding carboxylic acids is 1. The van der Waals surface area contributed by atoms with Gasteiger partial charge in [-0.1, -0.05) is 12.1 Å². The van der Waals surface area contributed by atoms with Gasteiger partial charge in [0.2, 0.25) is 0 Å². The quantitative estimate of drug-likeness (QED) is 0.237. The molecule has 2 aromatic carbocycles. The Hall–Kier alpha value is -1.66. The molecule has 0 heterocycles. The maximum Gasteiger partial charge on any atom is 0.271 e. The Morgan fingerprint density at radius 3 is 1.58 bits per heavy atom. The number of rotatable bonds is 13. The Morgan fingerprint density at radius 2 is 1.16 bits per heavy atom. The molecule has 0 saturated heterocycles. The first kappa shape index (κ1) is 25.6. The second-order valence-electron chi connectivity index (χ2n) is 6.57. The summed E-state index contributed by atoms with van der Waals surface area (Å²) in [6, 6.07) is 15.1. The summed E-state index contributed by atoms with van der Waals surface area (Å²) in [4.78, 5) is 16.5. The molecule has 0 saturated carbocycles. The number of hydrazone groups is 1. The molecular formula is C22H26Cl4N4O. The van der Waals surface area contributed by atoms with Gasteiger partial charge in [0.05, 0.1) is 6.21 Å². The van der Waals surface area contributed by atoms with Crippen LogP contribution in [0.3, 0.4) is 0 Å². The van der Waals surface area contributed by atoms with Crippen LogP contribution in [0.4, 0.5) is 11.4 Å². The van der Waals surface area contributed by atoms with E-state index in [-0.39, 0.29) is 5.91 Å². The molecule has 0 radical (unpaired) electrons. The zero-order chi connectivity index (χ0) is 22.5. The lowest BCUT2D eigenvalue weighted by atomic mass is 10.2. The Labute approximate surface area is 203 Å². The van der Waals surface area contributed by atoms with Gasteiger partial charge in [0.15, 0.2) is 0 Å². The van der Waals surface area contributed by atoms with Gasteiger partial charge in [-0.3, -0.25) is 4.79 Å². The fraction of sp³-hybridized carbons (Fsp3) is 0.364. The van der Waals surface area contributed by atoms with Crippen molar-refractivity contribution in [3.05, 3.63) is 59.7 Å². The van der Waals surface area contributed by atoms with Crippen molar-refractivity contribution in [2.24, 2.45) is 5.10 Å². The second-order valence-corrected chi connectivity index (χ2v) is 8.08. The predicted octanol–water partition coefficient (Wildman–Crippen LogP) is 5.02. The van der Waals surface area contributed by atoms with E-state index in [2.05, 4.69) is 20.3 Å². The number of amides is 1. The average molecular weight is 504 g/mol. The van der Waals surface area contributed by atoms with Crippen molar-refractivity contribution in [1.82, 2.24) is 5.43 Å². The van der Waals surface area contributed by atoms with Crippen LogP contribution in [-0.4, -0.2) is 61.8 Å². The van der Waals surface area contributed by atoms with E-state index in [4.69, 9.17) is 46.4 Å². The summed E-state index contributed by atoms with van der Waals surface area (Å²) in [6.07, 6.45) is 1.60. The summed E-state index contributed by atoms with van der Waals surface area (Å²) in [5, 5.41) is 4.06. The predicted molar refractivity (Wildman–Crippen MR) is 135 cm³/mol. The molecule has 0 aliphatic rings. The number of nitrogens with zero attached hydrogens (tertiary/aromatic N) is 3. The van der Waals surface area contributed by atoms with Gasteiger partial charge < -0.3 is 9.80 Å². The molecule has 0 bridgehead atoms. The molecule has 1 amide bonds. The van der Waals surface area contributed by atoms with Crippen molar-refractivity contribution < 1.29 is 4.79 Å². The standard InChI is InChI=1S/C22H26Cl4N4O/c23-9-13-29(14-10-24)20-5-1-18(2-6-20)17-27-28-22(31)19-3-7-21(8-4-19)30(15-11-25)16-12-26/h1-8,17H,9-16H2,(H,28,31)/b27-17-. The van der Waals surface area contributed by atoms with Gasteiger partial charge in [0.1, 0.15) is 0 Å². The third-order valence-electron chi connectivity index (χ3n) is 4.55. The summed E-state index contributed by atoms with van der Waals surface area (Å²) < 4.78 is 0. The molecular weight excluding hydrogens is 478 g/mol. The highest BCUT2D eigenvalue weighted by Crippen LogP contribution is 2.16. The molecule has 168 valence electrons. The molecule has 0 aliphatic carbocycles. The van der Waals surface area contributed by atoms with Crippen LogP contribution in [0, 0.1) is 0 Å². The number of nitrogens with one attached hydrogen (secondary N) is 1. The molecule has 2 rings (SSSR count). The van der Waals surface area contributed by atoms with Crippen LogP contribution in [-0.2, 0) is 0 Å². The molecule has 5 nitrogen and oxygen atoms in total. The molecule has 0 aliphatic heterocycles. The van der Waals surface area contributed by atoms with E-state index < -0.39 is 0 Å². The number of hydrogen-bond acceptors (Lipinski definition) is 4.